The Labute approximate surface area is 156 Å². The van der Waals surface area contributed by atoms with Crippen LogP contribution in [0.25, 0.3) is 32.3 Å². The smallest absolute Gasteiger partial charge is 0.0355 e. The van der Waals surface area contributed by atoms with Gasteiger partial charge in [0.2, 0.25) is 0 Å². The van der Waals surface area contributed by atoms with Crippen molar-refractivity contribution < 1.29 is 0 Å². The molecule has 0 fully saturated rings. The van der Waals surface area contributed by atoms with Crippen molar-refractivity contribution >= 4 is 45.6 Å². The Morgan fingerprint density at radius 3 is 2.42 bits per heavy atom. The van der Waals surface area contributed by atoms with Crippen LogP contribution in [0.2, 0.25) is 0 Å². The number of halogens is 1. The quantitative estimate of drug-likeness (QED) is 0.369. The highest BCUT2D eigenvalue weighted by atomic mass is 35.5. The molecule has 0 radical (unpaired) electrons. The normalized spacial score (nSPS) is 10.5. The molecule has 0 aliphatic rings. The van der Waals surface area contributed by atoms with Crippen LogP contribution in [0, 0.1) is 0 Å². The van der Waals surface area contributed by atoms with Crippen molar-refractivity contribution in [3.8, 4) is 22.3 Å². The lowest BCUT2D eigenvalue weighted by Gasteiger charge is -2.04. The monoisotopic (exact) mass is 369 g/mol. The molecule has 0 saturated carbocycles. The fourth-order valence-corrected chi connectivity index (χ4v) is 4.15. The van der Waals surface area contributed by atoms with Gasteiger partial charge in [0.1, 0.15) is 0 Å². The molecule has 0 bridgehead atoms. The molecule has 0 unspecified atom stereocenters. The predicted molar refractivity (Wildman–Crippen MR) is 110 cm³/mol. The van der Waals surface area contributed by atoms with E-state index in [1.165, 1.54) is 37.2 Å². The molecule has 0 amide bonds. The van der Waals surface area contributed by atoms with Gasteiger partial charge in [-0.3, -0.25) is 4.98 Å². The molecule has 0 N–H and O–H groups in total. The van der Waals surface area contributed by atoms with Gasteiger partial charge in [0.25, 0.3) is 0 Å². The lowest BCUT2D eigenvalue weighted by Crippen LogP contribution is -1.79. The van der Waals surface area contributed by atoms with Crippen molar-refractivity contribution in [3.63, 3.8) is 0 Å². The summed E-state index contributed by atoms with van der Waals surface area (Å²) in [5.74, 6) is 0. The molecular weight excluding hydrogens is 354 g/mol. The van der Waals surface area contributed by atoms with E-state index in [4.69, 9.17) is 0 Å². The molecule has 0 spiro atoms. The van der Waals surface area contributed by atoms with Crippen molar-refractivity contribution in [1.82, 2.24) is 4.98 Å². The number of fused-ring (bicyclic) bond motifs is 1. The third kappa shape index (κ3) is 3.20. The van der Waals surface area contributed by atoms with Gasteiger partial charge >= 0.3 is 0 Å². The molecular formula is C20H16ClNS2. The number of rotatable bonds is 3. The van der Waals surface area contributed by atoms with E-state index in [1.807, 2.05) is 18.5 Å². The van der Waals surface area contributed by atoms with Gasteiger partial charge in [0.15, 0.2) is 0 Å². The van der Waals surface area contributed by atoms with Crippen LogP contribution in [-0.4, -0.2) is 11.2 Å². The lowest BCUT2D eigenvalue weighted by molar-refractivity contribution is 1.33. The highest BCUT2D eigenvalue weighted by Crippen LogP contribution is 2.36. The molecule has 24 heavy (non-hydrogen) atoms. The number of benzene rings is 2. The van der Waals surface area contributed by atoms with Gasteiger partial charge in [-0.15, -0.1) is 35.5 Å². The Bertz CT molecular complexity index is 946. The largest absolute Gasteiger partial charge is 0.264 e. The maximum absolute atomic E-state index is 4.23. The summed E-state index contributed by atoms with van der Waals surface area (Å²) in [5.41, 5.74) is 4.98. The maximum Gasteiger partial charge on any atom is 0.0355 e. The van der Waals surface area contributed by atoms with Crippen molar-refractivity contribution in [2.45, 2.75) is 4.90 Å². The molecule has 2 aromatic heterocycles. The van der Waals surface area contributed by atoms with Crippen LogP contribution in [0.3, 0.4) is 0 Å². The Balaban J connectivity index is 0.00000169. The van der Waals surface area contributed by atoms with Gasteiger partial charge in [-0.25, -0.2) is 0 Å². The maximum atomic E-state index is 4.23. The van der Waals surface area contributed by atoms with Crippen LogP contribution in [0.5, 0.6) is 0 Å². The fraction of sp³-hybridized carbons (Fsp3) is 0.0500. The second-order valence-electron chi connectivity index (χ2n) is 5.33. The van der Waals surface area contributed by atoms with E-state index in [0.29, 0.717) is 0 Å². The number of thioether (sulfide) groups is 1. The molecule has 4 aromatic rings. The highest BCUT2D eigenvalue weighted by Gasteiger charge is 2.08. The van der Waals surface area contributed by atoms with E-state index in [2.05, 4.69) is 65.2 Å². The van der Waals surface area contributed by atoms with Crippen LogP contribution in [0.15, 0.2) is 77.3 Å². The second-order valence-corrected chi connectivity index (χ2v) is 7.12. The Hall–Kier alpha value is -1.81. The lowest BCUT2D eigenvalue weighted by atomic mass is 10.0. The third-order valence-electron chi connectivity index (χ3n) is 3.97. The summed E-state index contributed by atoms with van der Waals surface area (Å²) in [6.07, 6.45) is 5.84. The van der Waals surface area contributed by atoms with Crippen LogP contribution in [0.4, 0.5) is 0 Å². The first-order valence-electron chi connectivity index (χ1n) is 7.41. The summed E-state index contributed by atoms with van der Waals surface area (Å²) in [4.78, 5) is 5.53. The molecule has 2 heterocycles. The van der Waals surface area contributed by atoms with Crippen molar-refractivity contribution in [3.05, 3.63) is 72.4 Å². The molecule has 0 atom stereocenters. The minimum Gasteiger partial charge on any atom is -0.264 e. The molecule has 0 aliphatic heterocycles. The highest BCUT2D eigenvalue weighted by molar-refractivity contribution is 7.98. The predicted octanol–water partition coefficient (Wildman–Crippen LogP) is 6.77. The van der Waals surface area contributed by atoms with Crippen LogP contribution in [0.1, 0.15) is 0 Å². The van der Waals surface area contributed by atoms with E-state index in [-0.39, 0.29) is 12.4 Å². The zero-order valence-corrected chi connectivity index (χ0v) is 15.5. The SMILES string of the molecule is CSc1ccc(-c2ccc3c(-c4cccnc4)csc3c2)cc1.Cl. The van der Waals surface area contributed by atoms with E-state index in [0.717, 1.165) is 0 Å². The van der Waals surface area contributed by atoms with Gasteiger partial charge in [0.05, 0.1) is 0 Å². The summed E-state index contributed by atoms with van der Waals surface area (Å²) in [5, 5.41) is 3.52. The topological polar surface area (TPSA) is 12.9 Å². The first kappa shape index (κ1) is 17.0. The average Bonchev–Trinajstić information content (AvgIpc) is 3.06. The third-order valence-corrected chi connectivity index (χ3v) is 5.66. The molecule has 0 aliphatic carbocycles. The van der Waals surface area contributed by atoms with Crippen molar-refractivity contribution in [2.24, 2.45) is 0 Å². The number of aromatic nitrogens is 1. The zero-order chi connectivity index (χ0) is 15.6. The summed E-state index contributed by atoms with van der Waals surface area (Å²) in [7, 11) is 0. The van der Waals surface area contributed by atoms with Gasteiger partial charge < -0.3 is 0 Å². The number of hydrogen-bond acceptors (Lipinski definition) is 3. The fourth-order valence-electron chi connectivity index (χ4n) is 2.74. The molecule has 4 rings (SSSR count). The van der Waals surface area contributed by atoms with E-state index < -0.39 is 0 Å². The Morgan fingerprint density at radius 2 is 1.71 bits per heavy atom. The molecule has 0 saturated heterocycles. The number of pyridine rings is 1. The van der Waals surface area contributed by atoms with Crippen molar-refractivity contribution in [2.75, 3.05) is 6.26 Å². The van der Waals surface area contributed by atoms with Crippen molar-refractivity contribution in [1.29, 1.82) is 0 Å². The summed E-state index contributed by atoms with van der Waals surface area (Å²) in [6.45, 7) is 0. The van der Waals surface area contributed by atoms with E-state index in [1.54, 1.807) is 23.1 Å². The van der Waals surface area contributed by atoms with Crippen LogP contribution < -0.4 is 0 Å². The minimum absolute atomic E-state index is 0. The average molecular weight is 370 g/mol. The van der Waals surface area contributed by atoms with Gasteiger partial charge in [-0.2, -0.15) is 0 Å². The van der Waals surface area contributed by atoms with Crippen LogP contribution >= 0.6 is 35.5 Å². The zero-order valence-electron chi connectivity index (χ0n) is 13.1. The summed E-state index contributed by atoms with van der Waals surface area (Å²) < 4.78 is 1.32. The molecule has 2 aromatic carbocycles. The molecule has 120 valence electrons. The minimum atomic E-state index is 0. The number of hydrogen-bond donors (Lipinski definition) is 0. The molecule has 4 heteroatoms. The second kappa shape index (κ2) is 7.39. The van der Waals surface area contributed by atoms with E-state index >= 15 is 0 Å². The van der Waals surface area contributed by atoms with Gasteiger partial charge in [0, 0.05) is 38.5 Å². The summed E-state index contributed by atoms with van der Waals surface area (Å²) >= 11 is 3.57. The number of thiophene rings is 1. The van der Waals surface area contributed by atoms with E-state index in [9.17, 15) is 0 Å². The summed E-state index contributed by atoms with van der Waals surface area (Å²) in [6, 6.07) is 19.6. The molecule has 1 nitrogen and oxygen atoms in total. The standard InChI is InChI=1S/C20H15NS2.ClH/c1-22-17-7-4-14(5-8-17)15-6-9-18-19(13-23-20(18)11-15)16-3-2-10-21-12-16;/h2-13H,1H3;1H. The first-order chi connectivity index (χ1) is 11.3. The van der Waals surface area contributed by atoms with Gasteiger partial charge in [-0.05, 0) is 47.0 Å². The Kier molecular flexibility index (Phi) is 5.24. The Morgan fingerprint density at radius 1 is 0.917 bits per heavy atom. The van der Waals surface area contributed by atoms with Crippen LogP contribution in [-0.2, 0) is 0 Å². The first-order valence-corrected chi connectivity index (χ1v) is 9.52. The van der Waals surface area contributed by atoms with Gasteiger partial charge in [-0.1, -0.05) is 30.3 Å². The number of nitrogens with zero attached hydrogens (tertiary/aromatic N) is 1.